The summed E-state index contributed by atoms with van der Waals surface area (Å²) in [6.07, 6.45) is -0.973. The molecule has 1 N–H and O–H groups in total. The Morgan fingerprint density at radius 3 is 2.30 bits per heavy atom. The Balaban J connectivity index is 2.05. The SMILES string of the molecule is CCOc1cc(Br)c(CC(=O)OC(C)C(=O)Nc2c(C)nn(C)c2C)cc1OCC. The molecule has 9 heteroatoms. The van der Waals surface area contributed by atoms with E-state index in [1.807, 2.05) is 20.8 Å². The topological polar surface area (TPSA) is 91.7 Å². The average Bonchev–Trinajstić information content (AvgIpc) is 2.91. The Morgan fingerprint density at radius 2 is 1.77 bits per heavy atom. The maximum absolute atomic E-state index is 12.5. The third kappa shape index (κ3) is 5.75. The molecule has 1 atom stereocenters. The molecule has 0 fully saturated rings. The van der Waals surface area contributed by atoms with Crippen molar-refractivity contribution in [2.24, 2.45) is 7.05 Å². The largest absolute Gasteiger partial charge is 0.490 e. The average molecular weight is 482 g/mol. The summed E-state index contributed by atoms with van der Waals surface area (Å²) in [4.78, 5) is 24.9. The maximum Gasteiger partial charge on any atom is 0.311 e. The number of nitrogens with one attached hydrogen (secondary N) is 1. The molecular weight excluding hydrogens is 454 g/mol. The number of benzene rings is 1. The van der Waals surface area contributed by atoms with Crippen molar-refractivity contribution in [2.75, 3.05) is 18.5 Å². The van der Waals surface area contributed by atoms with Crippen molar-refractivity contribution in [3.63, 3.8) is 0 Å². The molecule has 164 valence electrons. The molecule has 1 aromatic carbocycles. The lowest BCUT2D eigenvalue weighted by Crippen LogP contribution is -2.30. The Bertz CT molecular complexity index is 926. The highest BCUT2D eigenvalue weighted by molar-refractivity contribution is 9.10. The Morgan fingerprint density at radius 1 is 1.17 bits per heavy atom. The first kappa shape index (κ1) is 23.7. The standard InChI is InChI=1S/C21H28BrN3O5/c1-7-28-17-9-15(16(22)11-18(17)29-8-2)10-19(26)30-14(5)21(27)23-20-12(3)24-25(6)13(20)4/h9,11,14H,7-8,10H2,1-6H3,(H,23,27). The first-order chi connectivity index (χ1) is 14.2. The summed E-state index contributed by atoms with van der Waals surface area (Å²) in [6.45, 7) is 9.91. The number of carbonyl (C=O) groups is 2. The van der Waals surface area contributed by atoms with Gasteiger partial charge in [0.1, 0.15) is 0 Å². The summed E-state index contributed by atoms with van der Waals surface area (Å²) >= 11 is 3.46. The second-order valence-electron chi connectivity index (χ2n) is 6.72. The lowest BCUT2D eigenvalue weighted by atomic mass is 10.1. The van der Waals surface area contributed by atoms with E-state index < -0.39 is 18.0 Å². The van der Waals surface area contributed by atoms with Gasteiger partial charge in [0.25, 0.3) is 5.91 Å². The van der Waals surface area contributed by atoms with Crippen molar-refractivity contribution in [3.8, 4) is 11.5 Å². The fraction of sp³-hybridized carbons (Fsp3) is 0.476. The molecule has 0 radical (unpaired) electrons. The number of carbonyl (C=O) groups excluding carboxylic acids is 2. The first-order valence-electron chi connectivity index (χ1n) is 9.76. The van der Waals surface area contributed by atoms with Crippen LogP contribution in [0.4, 0.5) is 5.69 Å². The minimum Gasteiger partial charge on any atom is -0.490 e. The van der Waals surface area contributed by atoms with Gasteiger partial charge < -0.3 is 19.5 Å². The van der Waals surface area contributed by atoms with E-state index in [0.717, 1.165) is 5.69 Å². The molecule has 0 saturated heterocycles. The molecule has 1 heterocycles. The Hall–Kier alpha value is -2.55. The highest BCUT2D eigenvalue weighted by atomic mass is 79.9. The summed E-state index contributed by atoms with van der Waals surface area (Å²) in [5.74, 6) is 0.213. The van der Waals surface area contributed by atoms with Gasteiger partial charge in [0.2, 0.25) is 0 Å². The van der Waals surface area contributed by atoms with E-state index in [1.165, 1.54) is 6.92 Å². The molecule has 1 unspecified atom stereocenters. The zero-order chi connectivity index (χ0) is 22.4. The molecular formula is C21H28BrN3O5. The van der Waals surface area contributed by atoms with Gasteiger partial charge in [-0.1, -0.05) is 15.9 Å². The molecule has 8 nitrogen and oxygen atoms in total. The lowest BCUT2D eigenvalue weighted by molar-refractivity contribution is -0.152. The van der Waals surface area contributed by atoms with Crippen LogP contribution in [0.1, 0.15) is 37.7 Å². The minimum absolute atomic E-state index is 0.0182. The maximum atomic E-state index is 12.5. The molecule has 0 bridgehead atoms. The number of ether oxygens (including phenoxy) is 3. The van der Waals surface area contributed by atoms with E-state index in [4.69, 9.17) is 14.2 Å². The van der Waals surface area contributed by atoms with E-state index in [0.29, 0.717) is 46.1 Å². The predicted molar refractivity (Wildman–Crippen MR) is 117 cm³/mol. The van der Waals surface area contributed by atoms with E-state index in [2.05, 4.69) is 26.3 Å². The monoisotopic (exact) mass is 481 g/mol. The number of nitrogens with zero attached hydrogens (tertiary/aromatic N) is 2. The van der Waals surface area contributed by atoms with Gasteiger partial charge in [0, 0.05) is 11.5 Å². The number of amides is 1. The van der Waals surface area contributed by atoms with Crippen LogP contribution in [0.3, 0.4) is 0 Å². The number of hydrogen-bond acceptors (Lipinski definition) is 6. The predicted octanol–water partition coefficient (Wildman–Crippen LogP) is 3.71. The van der Waals surface area contributed by atoms with Gasteiger partial charge in [-0.2, -0.15) is 5.10 Å². The van der Waals surface area contributed by atoms with Crippen LogP contribution >= 0.6 is 15.9 Å². The van der Waals surface area contributed by atoms with Crippen LogP contribution in [0.25, 0.3) is 0 Å². The molecule has 2 aromatic rings. The van der Waals surface area contributed by atoms with Crippen LogP contribution in [0.2, 0.25) is 0 Å². The van der Waals surface area contributed by atoms with Crippen LogP contribution in [0.5, 0.6) is 11.5 Å². The van der Waals surface area contributed by atoms with E-state index in [-0.39, 0.29) is 6.42 Å². The van der Waals surface area contributed by atoms with Gasteiger partial charge in [-0.25, -0.2) is 0 Å². The number of hydrogen-bond donors (Lipinski definition) is 1. The fourth-order valence-electron chi connectivity index (χ4n) is 2.88. The van der Waals surface area contributed by atoms with Gasteiger partial charge in [0.15, 0.2) is 17.6 Å². The summed E-state index contributed by atoms with van der Waals surface area (Å²) in [6, 6.07) is 3.51. The third-order valence-electron chi connectivity index (χ3n) is 4.48. The fourth-order valence-corrected chi connectivity index (χ4v) is 3.34. The van der Waals surface area contributed by atoms with Crippen molar-refractivity contribution in [3.05, 3.63) is 33.6 Å². The number of esters is 1. The molecule has 0 aliphatic rings. The van der Waals surface area contributed by atoms with Crippen LogP contribution < -0.4 is 14.8 Å². The van der Waals surface area contributed by atoms with Crippen molar-refractivity contribution in [1.29, 1.82) is 0 Å². The summed E-state index contributed by atoms with van der Waals surface area (Å²) in [7, 11) is 1.80. The van der Waals surface area contributed by atoms with Crippen LogP contribution in [-0.4, -0.2) is 41.0 Å². The third-order valence-corrected chi connectivity index (χ3v) is 5.22. The molecule has 0 aliphatic heterocycles. The quantitative estimate of drug-likeness (QED) is 0.548. The molecule has 0 aliphatic carbocycles. The Kier molecular flexibility index (Phi) is 8.28. The van der Waals surface area contributed by atoms with E-state index >= 15 is 0 Å². The van der Waals surface area contributed by atoms with Crippen molar-refractivity contribution >= 4 is 33.5 Å². The van der Waals surface area contributed by atoms with Gasteiger partial charge in [0.05, 0.1) is 36.7 Å². The zero-order valence-corrected chi connectivity index (χ0v) is 19.8. The van der Waals surface area contributed by atoms with Crippen molar-refractivity contribution in [1.82, 2.24) is 9.78 Å². The highest BCUT2D eigenvalue weighted by Gasteiger charge is 2.22. The summed E-state index contributed by atoms with van der Waals surface area (Å²) in [5, 5.41) is 7.04. The van der Waals surface area contributed by atoms with E-state index in [9.17, 15) is 9.59 Å². The second-order valence-corrected chi connectivity index (χ2v) is 7.58. The van der Waals surface area contributed by atoms with E-state index in [1.54, 1.807) is 30.8 Å². The van der Waals surface area contributed by atoms with Crippen molar-refractivity contribution in [2.45, 2.75) is 47.1 Å². The van der Waals surface area contributed by atoms with Gasteiger partial charge in [-0.15, -0.1) is 0 Å². The molecule has 30 heavy (non-hydrogen) atoms. The van der Waals surface area contributed by atoms with Gasteiger partial charge in [-0.05, 0) is 52.3 Å². The summed E-state index contributed by atoms with van der Waals surface area (Å²) < 4.78 is 18.9. The van der Waals surface area contributed by atoms with Crippen LogP contribution in [0.15, 0.2) is 16.6 Å². The molecule has 0 spiro atoms. The number of halogens is 1. The second kappa shape index (κ2) is 10.5. The zero-order valence-electron chi connectivity index (χ0n) is 18.2. The smallest absolute Gasteiger partial charge is 0.311 e. The lowest BCUT2D eigenvalue weighted by Gasteiger charge is -2.16. The minimum atomic E-state index is -0.954. The highest BCUT2D eigenvalue weighted by Crippen LogP contribution is 2.34. The molecule has 2 rings (SSSR count). The van der Waals surface area contributed by atoms with Gasteiger partial charge in [-0.3, -0.25) is 14.3 Å². The van der Waals surface area contributed by atoms with Crippen LogP contribution in [-0.2, 0) is 27.8 Å². The van der Waals surface area contributed by atoms with Crippen LogP contribution in [0, 0.1) is 13.8 Å². The number of rotatable bonds is 9. The van der Waals surface area contributed by atoms with Gasteiger partial charge >= 0.3 is 5.97 Å². The molecule has 1 aromatic heterocycles. The molecule has 1 amide bonds. The summed E-state index contributed by atoms with van der Waals surface area (Å²) in [5.41, 5.74) is 2.82. The first-order valence-corrected chi connectivity index (χ1v) is 10.6. The molecule has 0 saturated carbocycles. The normalized spacial score (nSPS) is 11.7. The number of aryl methyl sites for hydroxylation is 2. The number of aromatic nitrogens is 2. The van der Waals surface area contributed by atoms with Crippen molar-refractivity contribution < 1.29 is 23.8 Å². The number of anilines is 1. The Labute approximate surface area is 185 Å².